The Morgan fingerprint density at radius 2 is 1.39 bits per heavy atom. The minimum Gasteiger partial charge on any atom is -0.497 e. The van der Waals surface area contributed by atoms with Crippen LogP contribution in [0.2, 0.25) is 0 Å². The molecule has 0 bridgehead atoms. The zero-order chi connectivity index (χ0) is 46.7. The molecule has 0 saturated heterocycles. The molecule has 0 aliphatic heterocycles. The van der Waals surface area contributed by atoms with Gasteiger partial charge in [0.2, 0.25) is 17.7 Å². The normalized spacial score (nSPS) is 11.6. The highest BCUT2D eigenvalue weighted by Gasteiger charge is 2.24. The van der Waals surface area contributed by atoms with Crippen molar-refractivity contribution in [2.45, 2.75) is 104 Å². The monoisotopic (exact) mass is 896 g/mol. The number of aromatic amines is 1. The third-order valence-corrected chi connectivity index (χ3v) is 11.9. The number of Topliss-reactive ketones (excluding diaryl/α,β-unsaturated/α-hetero) is 1. The fourth-order valence-corrected chi connectivity index (χ4v) is 8.40. The van der Waals surface area contributed by atoms with E-state index in [4.69, 9.17) is 9.47 Å². The first kappa shape index (κ1) is 48.6. The Balaban J connectivity index is 1.03. The highest BCUT2D eigenvalue weighted by Crippen LogP contribution is 2.32. The number of hydrogen-bond donors (Lipinski definition) is 5. The number of nitrogens with zero attached hydrogens (tertiary/aromatic N) is 1. The van der Waals surface area contributed by atoms with Crippen molar-refractivity contribution in [3.8, 4) is 17.0 Å². The number of carbonyl (C=O) groups is 5. The zero-order valence-corrected chi connectivity index (χ0v) is 38.5. The number of rotatable bonds is 26. The van der Waals surface area contributed by atoms with Gasteiger partial charge < -0.3 is 45.1 Å². The summed E-state index contributed by atoms with van der Waals surface area (Å²) in [5.74, 6) is 0.0404. The molecule has 6 rings (SSSR count). The Morgan fingerprint density at radius 3 is 2.14 bits per heavy atom. The summed E-state index contributed by atoms with van der Waals surface area (Å²) >= 11 is 0. The summed E-state index contributed by atoms with van der Waals surface area (Å²) in [5.41, 5.74) is 7.47. The summed E-state index contributed by atoms with van der Waals surface area (Å²) in [6.07, 6.45) is 6.58. The number of hydrogen-bond acceptors (Lipinski definition) is 7. The number of fused-ring (bicyclic) bond motifs is 2. The van der Waals surface area contributed by atoms with Crippen molar-refractivity contribution in [3.05, 3.63) is 126 Å². The van der Waals surface area contributed by atoms with Crippen molar-refractivity contribution in [2.75, 3.05) is 26.7 Å². The average Bonchev–Trinajstić information content (AvgIpc) is 3.82. The molecule has 13 nitrogen and oxygen atoms in total. The third-order valence-electron chi connectivity index (χ3n) is 11.9. The quantitative estimate of drug-likeness (QED) is 0.0339. The maximum Gasteiger partial charge on any atom is 0.407 e. The summed E-state index contributed by atoms with van der Waals surface area (Å²) < 4.78 is 12.7. The molecule has 6 aromatic rings. The van der Waals surface area contributed by atoms with Gasteiger partial charge in [-0.05, 0) is 92.5 Å². The van der Waals surface area contributed by atoms with Gasteiger partial charge in [0.1, 0.15) is 30.7 Å². The fourth-order valence-electron chi connectivity index (χ4n) is 8.40. The van der Waals surface area contributed by atoms with Gasteiger partial charge in [-0.3, -0.25) is 14.4 Å². The fraction of sp³-hybridized carbons (Fsp3) is 0.377. The smallest absolute Gasteiger partial charge is 0.407 e. The minimum absolute atomic E-state index is 0.00633. The summed E-state index contributed by atoms with van der Waals surface area (Å²) in [6.45, 7) is 5.19. The van der Waals surface area contributed by atoms with Crippen molar-refractivity contribution >= 4 is 51.4 Å². The van der Waals surface area contributed by atoms with E-state index in [1.165, 1.54) is 0 Å². The zero-order valence-electron chi connectivity index (χ0n) is 38.5. The molecule has 2 aromatic heterocycles. The Hall–Kier alpha value is -6.89. The molecule has 4 amide bonds. The summed E-state index contributed by atoms with van der Waals surface area (Å²) in [4.78, 5) is 68.4. The molecule has 0 aliphatic rings. The van der Waals surface area contributed by atoms with Gasteiger partial charge in [-0.25, -0.2) is 4.79 Å². The predicted octanol–water partition coefficient (Wildman–Crippen LogP) is 8.64. The second kappa shape index (κ2) is 25.0. The molecule has 66 heavy (non-hydrogen) atoms. The van der Waals surface area contributed by atoms with Crippen molar-refractivity contribution in [1.82, 2.24) is 30.8 Å². The molecule has 4 aromatic carbocycles. The average molecular weight is 897 g/mol. The van der Waals surface area contributed by atoms with Crippen LogP contribution in [0.4, 0.5) is 4.79 Å². The Morgan fingerprint density at radius 1 is 0.697 bits per heavy atom. The molecule has 0 unspecified atom stereocenters. The van der Waals surface area contributed by atoms with Crippen LogP contribution >= 0.6 is 0 Å². The van der Waals surface area contributed by atoms with E-state index >= 15 is 0 Å². The first-order valence-corrected chi connectivity index (χ1v) is 23.2. The molecule has 0 spiro atoms. The van der Waals surface area contributed by atoms with Crippen molar-refractivity contribution < 1.29 is 33.4 Å². The molecule has 0 radical (unpaired) electrons. The lowest BCUT2D eigenvalue weighted by atomic mass is 10.0. The second-order valence-electron chi connectivity index (χ2n) is 16.8. The summed E-state index contributed by atoms with van der Waals surface area (Å²) in [7, 11) is 1.59. The second-order valence-corrected chi connectivity index (χ2v) is 16.8. The first-order valence-electron chi connectivity index (χ1n) is 23.2. The number of ether oxygens (including phenoxy) is 2. The van der Waals surface area contributed by atoms with Crippen LogP contribution in [-0.4, -0.2) is 71.9 Å². The molecule has 1 atom stereocenters. The van der Waals surface area contributed by atoms with Crippen LogP contribution in [0.3, 0.4) is 0 Å². The van der Waals surface area contributed by atoms with Gasteiger partial charge in [0, 0.05) is 59.2 Å². The van der Waals surface area contributed by atoms with Crippen molar-refractivity contribution in [3.63, 3.8) is 0 Å². The van der Waals surface area contributed by atoms with Crippen molar-refractivity contribution in [2.24, 2.45) is 0 Å². The largest absolute Gasteiger partial charge is 0.497 e. The standard InChI is InChI=1S/C53H64N6O7/c1-37(60)19-9-6-14-26-47(52(63)55-32-29-43-42-24-15-16-25-46(42)58-51(43)40-22-12-8-13-23-40)57-49(61)34-44-38(2)59(48-28-27-41(65-3)33-45(44)48)35-50(62)54-30-17-4-5-18-31-56-53(64)66-36-39-20-10-7-11-21-39/h7-8,10-13,15-16,20-25,27-28,33,47,58H,4-6,9,14,17-19,26,29-32,34-36H2,1-3H3,(H,54,62)(H,55,63)(H,56,64)(H,57,61)/t47-/m0/s1. The topological polar surface area (TPSA) is 173 Å². The van der Waals surface area contributed by atoms with Gasteiger partial charge in [0.05, 0.1) is 13.5 Å². The molecule has 2 heterocycles. The van der Waals surface area contributed by atoms with E-state index in [0.717, 1.165) is 94.0 Å². The van der Waals surface area contributed by atoms with Gasteiger partial charge in [-0.15, -0.1) is 0 Å². The lowest BCUT2D eigenvalue weighted by molar-refractivity contribution is -0.128. The number of methoxy groups -OCH3 is 1. The van der Waals surface area contributed by atoms with E-state index in [0.29, 0.717) is 51.1 Å². The summed E-state index contributed by atoms with van der Waals surface area (Å²) in [5, 5.41) is 13.9. The van der Waals surface area contributed by atoms with E-state index in [1.54, 1.807) is 14.0 Å². The van der Waals surface area contributed by atoms with Crippen LogP contribution < -0.4 is 26.0 Å². The number of para-hydroxylation sites is 1. The van der Waals surface area contributed by atoms with E-state index < -0.39 is 12.1 Å². The summed E-state index contributed by atoms with van der Waals surface area (Å²) in [6, 6.07) is 32.6. The lowest BCUT2D eigenvalue weighted by Gasteiger charge is -2.19. The van der Waals surface area contributed by atoms with Gasteiger partial charge >= 0.3 is 6.09 Å². The molecule has 0 fully saturated rings. The van der Waals surface area contributed by atoms with Gasteiger partial charge in [-0.1, -0.05) is 105 Å². The maximum absolute atomic E-state index is 14.0. The number of amides is 4. The minimum atomic E-state index is -0.780. The lowest BCUT2D eigenvalue weighted by Crippen LogP contribution is -2.47. The van der Waals surface area contributed by atoms with Crippen LogP contribution in [0.15, 0.2) is 103 Å². The third kappa shape index (κ3) is 14.1. The van der Waals surface area contributed by atoms with Crippen molar-refractivity contribution in [1.29, 1.82) is 0 Å². The first-order chi connectivity index (χ1) is 32.1. The Kier molecular flexibility index (Phi) is 18.4. The van der Waals surface area contributed by atoms with E-state index in [2.05, 4.69) is 44.5 Å². The van der Waals surface area contributed by atoms with E-state index in [1.807, 2.05) is 96.4 Å². The Labute approximate surface area is 387 Å². The van der Waals surface area contributed by atoms with Gasteiger partial charge in [0.25, 0.3) is 0 Å². The number of ketones is 1. The molecule has 0 saturated carbocycles. The van der Waals surface area contributed by atoms with Gasteiger partial charge in [0.15, 0.2) is 0 Å². The molecular weight excluding hydrogens is 833 g/mol. The highest BCUT2D eigenvalue weighted by molar-refractivity contribution is 5.95. The highest BCUT2D eigenvalue weighted by atomic mass is 16.5. The number of aromatic nitrogens is 2. The van der Waals surface area contributed by atoms with E-state index in [9.17, 15) is 24.0 Å². The van der Waals surface area contributed by atoms with E-state index in [-0.39, 0.29) is 43.1 Å². The SMILES string of the molecule is COc1ccc2c(c1)c(CC(=O)N[C@@H](CCCCCC(C)=O)C(=O)NCCc1c(-c3ccccc3)[nH]c3ccccc13)c(C)n2CC(=O)NCCCCCCNC(=O)OCc1ccccc1. The molecule has 13 heteroatoms. The van der Waals surface area contributed by atoms with Gasteiger partial charge in [-0.2, -0.15) is 0 Å². The maximum atomic E-state index is 14.0. The van der Waals surface area contributed by atoms with Crippen LogP contribution in [-0.2, 0) is 49.9 Å². The number of alkyl carbamates (subject to hydrolysis) is 1. The number of H-pyrrole nitrogens is 1. The van der Waals surface area contributed by atoms with Crippen LogP contribution in [0.25, 0.3) is 33.1 Å². The Bertz CT molecular complexity index is 2550. The number of unbranched alkanes of at least 4 members (excludes halogenated alkanes) is 5. The number of nitrogens with one attached hydrogen (secondary N) is 5. The number of benzene rings is 4. The molecule has 348 valence electrons. The van der Waals surface area contributed by atoms with Crippen LogP contribution in [0.5, 0.6) is 5.75 Å². The van der Waals surface area contributed by atoms with Crippen LogP contribution in [0, 0.1) is 6.92 Å². The predicted molar refractivity (Wildman–Crippen MR) is 259 cm³/mol. The molecule has 0 aliphatic carbocycles. The number of carbonyl (C=O) groups excluding carboxylic acids is 5. The van der Waals surface area contributed by atoms with Crippen LogP contribution in [0.1, 0.15) is 87.1 Å². The molecule has 5 N–H and O–H groups in total. The molecular formula is C53H64N6O7.